The SMILES string of the molecule is CNC(=O)c1cc(NCC2CCN(C(C)C)C2)ccn1. The Bertz CT molecular complexity index is 461. The highest BCUT2D eigenvalue weighted by molar-refractivity contribution is 5.92. The van der Waals surface area contributed by atoms with Gasteiger partial charge >= 0.3 is 0 Å². The number of rotatable bonds is 5. The Hall–Kier alpha value is -1.62. The summed E-state index contributed by atoms with van der Waals surface area (Å²) in [4.78, 5) is 18.1. The topological polar surface area (TPSA) is 57.3 Å². The van der Waals surface area contributed by atoms with Crippen LogP contribution < -0.4 is 10.6 Å². The molecule has 2 heterocycles. The molecule has 2 rings (SSSR count). The summed E-state index contributed by atoms with van der Waals surface area (Å²) >= 11 is 0. The van der Waals surface area contributed by atoms with Crippen LogP contribution in [0.3, 0.4) is 0 Å². The third-order valence-electron chi connectivity index (χ3n) is 3.86. The highest BCUT2D eigenvalue weighted by Gasteiger charge is 2.23. The lowest BCUT2D eigenvalue weighted by Gasteiger charge is -2.20. The quantitative estimate of drug-likeness (QED) is 0.857. The van der Waals surface area contributed by atoms with Gasteiger partial charge in [-0.05, 0) is 44.9 Å². The van der Waals surface area contributed by atoms with Crippen molar-refractivity contribution in [2.75, 3.05) is 32.0 Å². The fourth-order valence-corrected chi connectivity index (χ4v) is 2.55. The number of hydrogen-bond acceptors (Lipinski definition) is 4. The minimum absolute atomic E-state index is 0.152. The Morgan fingerprint density at radius 1 is 1.55 bits per heavy atom. The molecule has 1 aliphatic rings. The molecule has 0 radical (unpaired) electrons. The molecule has 0 aromatic carbocycles. The molecule has 1 saturated heterocycles. The van der Waals surface area contributed by atoms with Gasteiger partial charge in [0.25, 0.3) is 5.91 Å². The van der Waals surface area contributed by atoms with E-state index in [-0.39, 0.29) is 5.91 Å². The lowest BCUT2D eigenvalue weighted by Crippen LogP contribution is -2.29. The number of amides is 1. The van der Waals surface area contributed by atoms with Gasteiger partial charge in [-0.3, -0.25) is 9.78 Å². The summed E-state index contributed by atoms with van der Waals surface area (Å²) in [6, 6.07) is 4.33. The number of carbonyl (C=O) groups excluding carboxylic acids is 1. The maximum atomic E-state index is 11.5. The average Bonchev–Trinajstić information content (AvgIpc) is 2.93. The van der Waals surface area contributed by atoms with Crippen molar-refractivity contribution in [1.29, 1.82) is 0 Å². The number of nitrogens with zero attached hydrogens (tertiary/aromatic N) is 2. The van der Waals surface area contributed by atoms with Gasteiger partial charge in [-0.15, -0.1) is 0 Å². The Labute approximate surface area is 120 Å². The molecule has 1 aromatic rings. The van der Waals surface area contributed by atoms with E-state index >= 15 is 0 Å². The monoisotopic (exact) mass is 276 g/mol. The minimum atomic E-state index is -0.152. The summed E-state index contributed by atoms with van der Waals surface area (Å²) in [7, 11) is 1.61. The van der Waals surface area contributed by atoms with Crippen molar-refractivity contribution < 1.29 is 4.79 Å². The second kappa shape index (κ2) is 6.70. The van der Waals surface area contributed by atoms with Crippen molar-refractivity contribution >= 4 is 11.6 Å². The molecule has 1 atom stereocenters. The molecule has 5 nitrogen and oxygen atoms in total. The van der Waals surface area contributed by atoms with Crippen LogP contribution in [-0.4, -0.2) is 48.5 Å². The number of pyridine rings is 1. The number of aromatic nitrogens is 1. The van der Waals surface area contributed by atoms with E-state index in [1.807, 2.05) is 6.07 Å². The van der Waals surface area contributed by atoms with Crippen molar-refractivity contribution in [3.05, 3.63) is 24.0 Å². The molecular formula is C15H24N4O. The third-order valence-corrected chi connectivity index (χ3v) is 3.86. The molecule has 1 fully saturated rings. The average molecular weight is 276 g/mol. The largest absolute Gasteiger partial charge is 0.385 e. The standard InChI is InChI=1S/C15H24N4O/c1-11(2)19-7-5-12(10-19)9-18-13-4-6-17-14(8-13)15(20)16-3/h4,6,8,11-12H,5,7,9-10H2,1-3H3,(H,16,20)(H,17,18). The van der Waals surface area contributed by atoms with Crippen molar-refractivity contribution in [1.82, 2.24) is 15.2 Å². The highest BCUT2D eigenvalue weighted by Crippen LogP contribution is 2.19. The van der Waals surface area contributed by atoms with E-state index in [1.165, 1.54) is 13.0 Å². The number of hydrogen-bond donors (Lipinski definition) is 2. The Morgan fingerprint density at radius 2 is 2.35 bits per heavy atom. The fraction of sp³-hybridized carbons (Fsp3) is 0.600. The summed E-state index contributed by atoms with van der Waals surface area (Å²) in [6.07, 6.45) is 2.90. The first-order chi connectivity index (χ1) is 9.60. The van der Waals surface area contributed by atoms with E-state index in [4.69, 9.17) is 0 Å². The lowest BCUT2D eigenvalue weighted by atomic mass is 10.1. The molecule has 110 valence electrons. The molecule has 0 aliphatic carbocycles. The zero-order valence-electron chi connectivity index (χ0n) is 12.5. The normalized spacial score (nSPS) is 19.3. The van der Waals surface area contributed by atoms with Crippen LogP contribution in [-0.2, 0) is 0 Å². The molecular weight excluding hydrogens is 252 g/mol. The number of carbonyl (C=O) groups is 1. The lowest BCUT2D eigenvalue weighted by molar-refractivity contribution is 0.0958. The van der Waals surface area contributed by atoms with E-state index in [0.717, 1.165) is 18.8 Å². The smallest absolute Gasteiger partial charge is 0.269 e. The summed E-state index contributed by atoms with van der Waals surface area (Å²) in [5.41, 5.74) is 1.41. The zero-order valence-corrected chi connectivity index (χ0v) is 12.5. The van der Waals surface area contributed by atoms with E-state index in [1.54, 1.807) is 19.3 Å². The molecule has 2 N–H and O–H groups in total. The van der Waals surface area contributed by atoms with Crippen molar-refractivity contribution in [3.63, 3.8) is 0 Å². The van der Waals surface area contributed by atoms with Gasteiger partial charge in [-0.2, -0.15) is 0 Å². The van der Waals surface area contributed by atoms with Gasteiger partial charge in [-0.1, -0.05) is 0 Å². The predicted octanol–water partition coefficient (Wildman–Crippen LogP) is 1.58. The number of anilines is 1. The van der Waals surface area contributed by atoms with Gasteiger partial charge < -0.3 is 15.5 Å². The fourth-order valence-electron chi connectivity index (χ4n) is 2.55. The van der Waals surface area contributed by atoms with Gasteiger partial charge in [-0.25, -0.2) is 0 Å². The van der Waals surface area contributed by atoms with Crippen molar-refractivity contribution in [2.45, 2.75) is 26.3 Å². The first-order valence-corrected chi connectivity index (χ1v) is 7.26. The van der Waals surface area contributed by atoms with Crippen LogP contribution in [0.5, 0.6) is 0 Å². The molecule has 1 unspecified atom stereocenters. The minimum Gasteiger partial charge on any atom is -0.385 e. The van der Waals surface area contributed by atoms with E-state index in [9.17, 15) is 4.79 Å². The highest BCUT2D eigenvalue weighted by atomic mass is 16.1. The third kappa shape index (κ3) is 3.70. The Morgan fingerprint density at radius 3 is 3.00 bits per heavy atom. The zero-order chi connectivity index (χ0) is 14.5. The first-order valence-electron chi connectivity index (χ1n) is 7.26. The van der Waals surface area contributed by atoms with Crippen LogP contribution in [0.4, 0.5) is 5.69 Å². The van der Waals surface area contributed by atoms with Crippen LogP contribution in [0.25, 0.3) is 0 Å². The maximum absolute atomic E-state index is 11.5. The van der Waals surface area contributed by atoms with Crippen LogP contribution in [0, 0.1) is 5.92 Å². The van der Waals surface area contributed by atoms with E-state index < -0.39 is 0 Å². The number of likely N-dealkylation sites (tertiary alicyclic amines) is 1. The molecule has 1 aliphatic heterocycles. The van der Waals surface area contributed by atoms with Gasteiger partial charge in [0.2, 0.25) is 0 Å². The molecule has 5 heteroatoms. The van der Waals surface area contributed by atoms with Crippen LogP contribution >= 0.6 is 0 Å². The summed E-state index contributed by atoms with van der Waals surface area (Å²) in [5.74, 6) is 0.523. The second-order valence-electron chi connectivity index (χ2n) is 5.63. The second-order valence-corrected chi connectivity index (χ2v) is 5.63. The van der Waals surface area contributed by atoms with E-state index in [0.29, 0.717) is 17.7 Å². The van der Waals surface area contributed by atoms with Crippen molar-refractivity contribution in [3.8, 4) is 0 Å². The Balaban J connectivity index is 1.87. The van der Waals surface area contributed by atoms with Crippen LogP contribution in [0.2, 0.25) is 0 Å². The number of nitrogens with one attached hydrogen (secondary N) is 2. The van der Waals surface area contributed by atoms with Crippen LogP contribution in [0.1, 0.15) is 30.8 Å². The predicted molar refractivity (Wildman–Crippen MR) is 80.9 cm³/mol. The maximum Gasteiger partial charge on any atom is 0.269 e. The van der Waals surface area contributed by atoms with Gasteiger partial charge in [0.1, 0.15) is 5.69 Å². The van der Waals surface area contributed by atoms with Crippen LogP contribution in [0.15, 0.2) is 18.3 Å². The molecule has 1 amide bonds. The Kier molecular flexibility index (Phi) is 4.95. The molecule has 20 heavy (non-hydrogen) atoms. The first kappa shape index (κ1) is 14.8. The van der Waals surface area contributed by atoms with Crippen molar-refractivity contribution in [2.24, 2.45) is 5.92 Å². The van der Waals surface area contributed by atoms with Gasteiger partial charge in [0, 0.05) is 38.1 Å². The molecule has 0 spiro atoms. The summed E-state index contributed by atoms with van der Waals surface area (Å²) in [6.45, 7) is 7.77. The van der Waals surface area contributed by atoms with Gasteiger partial charge in [0.05, 0.1) is 0 Å². The van der Waals surface area contributed by atoms with Gasteiger partial charge in [0.15, 0.2) is 0 Å². The molecule has 1 aromatic heterocycles. The summed E-state index contributed by atoms with van der Waals surface area (Å²) in [5, 5.41) is 6.01. The summed E-state index contributed by atoms with van der Waals surface area (Å²) < 4.78 is 0. The molecule has 0 saturated carbocycles. The van der Waals surface area contributed by atoms with E-state index in [2.05, 4.69) is 34.4 Å². The molecule has 0 bridgehead atoms.